The zero-order chi connectivity index (χ0) is 54.6. The lowest BCUT2D eigenvalue weighted by molar-refractivity contribution is -0.160. The highest BCUT2D eigenvalue weighted by Gasteiger charge is 2.43. The molecule has 1 aliphatic carbocycles. The molecule has 1 saturated carbocycles. The van der Waals surface area contributed by atoms with Crippen LogP contribution in [0.1, 0.15) is 160 Å². The van der Waals surface area contributed by atoms with Crippen molar-refractivity contribution in [1.82, 2.24) is 24.0 Å². The van der Waals surface area contributed by atoms with Crippen molar-refractivity contribution in [3.8, 4) is 0 Å². The molecule has 0 bridgehead atoms. The first-order chi connectivity index (χ1) is 35.0. The van der Waals surface area contributed by atoms with E-state index in [1.807, 2.05) is 62.8 Å². The predicted octanol–water partition coefficient (Wildman–Crippen LogP) is 13.7. The van der Waals surface area contributed by atoms with E-state index in [1.165, 1.54) is 0 Å². The summed E-state index contributed by atoms with van der Waals surface area (Å²) in [5.74, 6) is 1.55. The number of rotatable bonds is 16. The minimum atomic E-state index is -0.824. The fourth-order valence-corrected chi connectivity index (χ4v) is 12.3. The average molecular weight is 1080 g/mol. The van der Waals surface area contributed by atoms with Crippen molar-refractivity contribution in [1.29, 1.82) is 0 Å². The van der Waals surface area contributed by atoms with Crippen LogP contribution in [-0.4, -0.2) is 116 Å². The van der Waals surface area contributed by atoms with Crippen LogP contribution < -0.4 is 4.90 Å². The second-order valence-corrected chi connectivity index (χ2v) is 35.2. The Kier molecular flexibility index (Phi) is 16.5. The zero-order valence-corrected chi connectivity index (χ0v) is 49.2. The fourth-order valence-electron chi connectivity index (χ4n) is 11.0. The summed E-state index contributed by atoms with van der Waals surface area (Å²) < 4.78 is 63.3. The van der Waals surface area contributed by atoms with Gasteiger partial charge in [-0.1, -0.05) is 39.3 Å². The molecule has 75 heavy (non-hydrogen) atoms. The number of benzene rings is 3. The first-order valence-electron chi connectivity index (χ1n) is 26.9. The van der Waals surface area contributed by atoms with E-state index in [2.05, 4.69) is 87.5 Å². The number of amides is 1. The molecule has 5 atom stereocenters. The van der Waals surface area contributed by atoms with E-state index < -0.39 is 55.3 Å². The van der Waals surface area contributed by atoms with Crippen molar-refractivity contribution in [2.75, 3.05) is 73.7 Å². The number of halogens is 2. The number of hydrogen-bond donors (Lipinski definition) is 0. The number of aromatic nitrogens is 4. The first kappa shape index (κ1) is 56.8. The molecule has 4 heterocycles. The Morgan fingerprint density at radius 1 is 0.627 bits per heavy atom. The molecule has 0 spiro atoms. The molecule has 0 N–H and O–H groups in total. The van der Waals surface area contributed by atoms with Gasteiger partial charge in [-0.15, -0.1) is 0 Å². The van der Waals surface area contributed by atoms with Gasteiger partial charge in [0, 0.05) is 52.9 Å². The van der Waals surface area contributed by atoms with E-state index in [9.17, 15) is 9.59 Å². The lowest BCUT2D eigenvalue weighted by atomic mass is 9.87. The van der Waals surface area contributed by atoms with Gasteiger partial charge in [-0.3, -0.25) is 9.69 Å². The number of nitrogens with zero attached hydrogens (tertiary/aromatic N) is 6. The maximum Gasteiger partial charge on any atom is 0.410 e. The highest BCUT2D eigenvalue weighted by Crippen LogP contribution is 2.50. The maximum atomic E-state index is 17.5. The molecule has 3 fully saturated rings. The molecule has 12 nitrogen and oxygen atoms in total. The zero-order valence-electron chi connectivity index (χ0n) is 47.6. The van der Waals surface area contributed by atoms with Crippen molar-refractivity contribution >= 4 is 59.9 Å². The molecule has 3 aliphatic rings. The number of fused-ring (bicyclic) bond motifs is 2. The van der Waals surface area contributed by atoms with Gasteiger partial charge in [0.2, 0.25) is 0 Å². The van der Waals surface area contributed by atoms with E-state index in [4.69, 9.17) is 28.9 Å². The summed E-state index contributed by atoms with van der Waals surface area (Å²) in [6.45, 7) is 19.7. The minimum absolute atomic E-state index is 0.112. The number of hydrogen-bond acceptors (Lipinski definition) is 9. The number of carbonyl (C=O) groups excluding carboxylic acids is 2. The van der Waals surface area contributed by atoms with Crippen LogP contribution >= 0.6 is 20.1 Å². The second kappa shape index (κ2) is 21.8. The Balaban J connectivity index is 1.21. The molecule has 0 radical (unpaired) electrons. The third kappa shape index (κ3) is 13.3. The Labute approximate surface area is 448 Å². The standard InChI is InChI=1S/C59H86F2N6O6S2/c1-57(2,3)38-21-23-39(24-22-38)67-48(42-32-46-51(34-44(42)60)65(36-70-28-30-74(10,11)12)53(62-46)40-18-16-19-41(40)55(68)72-58(4,5)6)25-26-49(67)43-33-47-52(35-45(43)61)66(37-71-29-31-75(13,14)15)54(63-47)50-20-17-27-64(50)56(69)73-59(7,8)9/h21-24,32-35,40-41,48-50H,16-20,25-31,36-37H2,1-15H3/t40-,41?,48-,49-,50+/m1/s1. The highest BCUT2D eigenvalue weighted by atomic mass is 32.3. The molecule has 16 heteroatoms. The number of anilines is 1. The van der Waals surface area contributed by atoms with Crippen molar-refractivity contribution in [3.05, 3.63) is 88.5 Å². The van der Waals surface area contributed by atoms with Crippen LogP contribution in [0.25, 0.3) is 22.1 Å². The summed E-state index contributed by atoms with van der Waals surface area (Å²) in [6, 6.07) is 13.9. The fraction of sp³-hybridized carbons (Fsp3) is 0.627. The molecular formula is C59H86F2N6O6S2. The van der Waals surface area contributed by atoms with Gasteiger partial charge in [-0.2, -0.15) is 0 Å². The molecule has 1 unspecified atom stereocenters. The van der Waals surface area contributed by atoms with E-state index in [-0.39, 0.29) is 48.5 Å². The molecule has 3 aromatic carbocycles. The minimum Gasteiger partial charge on any atom is -0.460 e. The number of esters is 1. The third-order valence-corrected chi connectivity index (χ3v) is 17.6. The molecule has 2 saturated heterocycles. The van der Waals surface area contributed by atoms with Gasteiger partial charge >= 0.3 is 12.1 Å². The summed E-state index contributed by atoms with van der Waals surface area (Å²) in [7, 11) is -1.64. The Hall–Kier alpha value is -4.38. The quantitative estimate of drug-likeness (QED) is 0.0704. The summed E-state index contributed by atoms with van der Waals surface area (Å²) in [4.78, 5) is 41.9. The van der Waals surface area contributed by atoms with Gasteiger partial charge in [0.15, 0.2) is 0 Å². The van der Waals surface area contributed by atoms with Gasteiger partial charge in [0.05, 0.1) is 59.3 Å². The molecule has 414 valence electrons. The van der Waals surface area contributed by atoms with Gasteiger partial charge in [-0.25, -0.2) is 43.6 Å². The molecule has 5 aromatic rings. The number of ether oxygens (including phenoxy) is 4. The molecular weight excluding hydrogens is 991 g/mol. The molecule has 1 amide bonds. The van der Waals surface area contributed by atoms with Crippen molar-refractivity contribution in [2.45, 2.75) is 161 Å². The van der Waals surface area contributed by atoms with Gasteiger partial charge < -0.3 is 33.0 Å². The van der Waals surface area contributed by atoms with Crippen LogP contribution in [0.4, 0.5) is 19.3 Å². The van der Waals surface area contributed by atoms with Crippen molar-refractivity contribution in [3.63, 3.8) is 0 Å². The molecule has 2 aromatic heterocycles. The van der Waals surface area contributed by atoms with Crippen LogP contribution in [0.2, 0.25) is 0 Å². The smallest absolute Gasteiger partial charge is 0.410 e. The monoisotopic (exact) mass is 1080 g/mol. The maximum absolute atomic E-state index is 17.5. The van der Waals surface area contributed by atoms with Gasteiger partial charge in [0.1, 0.15) is 47.9 Å². The number of carbonyl (C=O) groups is 2. The summed E-state index contributed by atoms with van der Waals surface area (Å²) >= 11 is 0. The number of imidazole rings is 2. The Morgan fingerprint density at radius 2 is 1.13 bits per heavy atom. The third-order valence-electron chi connectivity index (χ3n) is 14.8. The van der Waals surface area contributed by atoms with Crippen LogP contribution in [-0.2, 0) is 42.6 Å². The Bertz CT molecular complexity index is 2690. The second-order valence-electron chi connectivity index (χ2n) is 26.0. The summed E-state index contributed by atoms with van der Waals surface area (Å²) in [5.41, 5.74) is 3.92. The summed E-state index contributed by atoms with van der Waals surface area (Å²) in [5, 5.41) is 0. The van der Waals surface area contributed by atoms with Gasteiger partial charge in [0.25, 0.3) is 0 Å². The summed E-state index contributed by atoms with van der Waals surface area (Å²) in [6.07, 6.45) is 17.9. The van der Waals surface area contributed by atoms with E-state index >= 15 is 8.78 Å². The molecule has 2 aliphatic heterocycles. The average Bonchev–Trinajstić information content (AvgIpc) is 4.14. The Morgan fingerprint density at radius 3 is 1.63 bits per heavy atom. The topological polar surface area (TPSA) is 113 Å². The van der Waals surface area contributed by atoms with Crippen molar-refractivity contribution in [2.24, 2.45) is 5.92 Å². The lowest BCUT2D eigenvalue weighted by Gasteiger charge is -2.34. The highest BCUT2D eigenvalue weighted by molar-refractivity contribution is 8.32. The van der Waals surface area contributed by atoms with Crippen LogP contribution in [0.5, 0.6) is 0 Å². The van der Waals surface area contributed by atoms with E-state index in [0.29, 0.717) is 90.3 Å². The van der Waals surface area contributed by atoms with E-state index in [1.54, 1.807) is 17.0 Å². The van der Waals surface area contributed by atoms with E-state index in [0.717, 1.165) is 42.0 Å². The van der Waals surface area contributed by atoms with Crippen LogP contribution in [0.15, 0.2) is 48.5 Å². The first-order valence-corrected chi connectivity index (χ1v) is 33.0. The van der Waals surface area contributed by atoms with Crippen LogP contribution in [0, 0.1) is 17.6 Å². The lowest BCUT2D eigenvalue weighted by Crippen LogP contribution is -2.37. The van der Waals surface area contributed by atoms with Gasteiger partial charge in [-0.05, 0) is 153 Å². The largest absolute Gasteiger partial charge is 0.460 e. The number of likely N-dealkylation sites (tertiary alicyclic amines) is 1. The van der Waals surface area contributed by atoms with Crippen molar-refractivity contribution < 1.29 is 37.3 Å². The SMILES string of the molecule is CC(C)(C)OC(=O)C1CCC[C@H]1c1nc2cc([C@H]3CC[C@H](c4cc5nc([C@@H]6CCCN6C(=O)OC(C)(C)C)n(COCCS(C)(C)C)c5cc4F)N3c3ccc(C(C)(C)C)cc3)c(F)cc2n1COCCS(C)(C)C. The predicted molar refractivity (Wildman–Crippen MR) is 305 cm³/mol. The normalized spacial score (nSPS) is 21.5. The molecule has 8 rings (SSSR count). The van der Waals surface area contributed by atoms with Crippen LogP contribution in [0.3, 0.4) is 0 Å².